The van der Waals surface area contributed by atoms with Crippen LogP contribution in [0, 0.1) is 25.6 Å². The first-order chi connectivity index (χ1) is 34.2. The number of methoxy groups -OCH3 is 1. The highest BCUT2D eigenvalue weighted by Gasteiger charge is 2.41. The molecule has 0 aliphatic carbocycles. The number of thiophene rings is 2. The maximum atomic E-state index is 13.8. The van der Waals surface area contributed by atoms with Crippen molar-refractivity contribution in [2.24, 2.45) is 11.0 Å². The first-order valence-corrected chi connectivity index (χ1v) is 26.7. The van der Waals surface area contributed by atoms with Crippen molar-refractivity contribution in [1.29, 1.82) is 0 Å². The van der Waals surface area contributed by atoms with Crippen LogP contribution in [0.4, 0.5) is 10.2 Å². The van der Waals surface area contributed by atoms with Crippen LogP contribution >= 0.6 is 22.7 Å². The number of carbonyl (C=O) groups is 2. The zero-order valence-corrected chi connectivity index (χ0v) is 44.3. The number of hydrazone groups is 1. The number of ether oxygens (including phenoxy) is 1. The standard InChI is InChI=1S/C30H33FN4O2S.C27H32N4OS/c1-6-25-22(8-7-19(4)33-25)23-13-20(14-28-24(23)16-27(38-28)18(2)3)30(36)35-11-9-34(10-12-35)29-26(37-5)15-21(31)17-32-29;1-6-23-20(9-8-17(5)29-23)21-10-18(11-26-22(21)12-25(33-26)16(3)4)27(32)30-14-19-13-28-31(7-2)24(19)15-30/h7-8,13-18H,6,9-12H2,1-5H3;8-13,16,19,24H,6-7,14-15H2,1-5H3. The predicted molar refractivity (Wildman–Crippen MR) is 289 cm³/mol. The van der Waals surface area contributed by atoms with Crippen LogP contribution < -0.4 is 9.64 Å². The minimum absolute atomic E-state index is 0.0180. The molecule has 7 aromatic rings. The monoisotopic (exact) mass is 992 g/mol. The van der Waals surface area contributed by atoms with Gasteiger partial charge in [-0.25, -0.2) is 9.37 Å². The van der Waals surface area contributed by atoms with Gasteiger partial charge in [-0.1, -0.05) is 53.7 Å². The molecule has 14 heteroatoms. The van der Waals surface area contributed by atoms with Crippen LogP contribution in [0.25, 0.3) is 42.4 Å². The number of nitrogens with zero attached hydrogens (tertiary/aromatic N) is 8. The molecule has 0 N–H and O–H groups in total. The Morgan fingerprint density at radius 1 is 0.704 bits per heavy atom. The van der Waals surface area contributed by atoms with Gasteiger partial charge in [0.25, 0.3) is 11.8 Å². The molecule has 3 aliphatic rings. The zero-order chi connectivity index (χ0) is 50.2. The maximum absolute atomic E-state index is 13.8. The van der Waals surface area contributed by atoms with Crippen LogP contribution in [0.15, 0.2) is 78.0 Å². The highest BCUT2D eigenvalue weighted by atomic mass is 32.1. The van der Waals surface area contributed by atoms with E-state index in [1.807, 2.05) is 53.0 Å². The number of benzene rings is 2. The lowest BCUT2D eigenvalue weighted by Gasteiger charge is -2.36. The molecule has 5 aromatic heterocycles. The SMILES string of the molecule is CCc1nc(C)ccc1-c1cc(C(=O)N2CC3C=NN(CC)C3C2)cc2sc(C(C)C)cc12.CCc1nc(C)ccc1-c1cc(C(=O)N2CCN(c3ncc(F)cc3OC)CC2)cc2sc(C(C)C)cc12. The van der Waals surface area contributed by atoms with Crippen molar-refractivity contribution in [3.63, 3.8) is 0 Å². The molecule has 2 amide bonds. The maximum Gasteiger partial charge on any atom is 0.254 e. The number of amides is 2. The van der Waals surface area contributed by atoms with Crippen LogP contribution in [-0.4, -0.2) is 107 Å². The molecule has 10 rings (SSSR count). The summed E-state index contributed by atoms with van der Waals surface area (Å²) in [7, 11) is 1.51. The lowest BCUT2D eigenvalue weighted by molar-refractivity contribution is 0.0745. The fourth-order valence-corrected chi connectivity index (χ4v) is 12.4. The molecule has 11 nitrogen and oxygen atoms in total. The number of halogens is 1. The molecule has 2 saturated heterocycles. The number of likely N-dealkylation sites (N-methyl/N-ethyl adjacent to an activating group) is 1. The lowest BCUT2D eigenvalue weighted by Crippen LogP contribution is -2.49. The number of fused-ring (bicyclic) bond motifs is 3. The van der Waals surface area contributed by atoms with Crippen molar-refractivity contribution in [2.45, 2.75) is 93.0 Å². The van der Waals surface area contributed by atoms with Gasteiger partial charge in [-0.15, -0.1) is 22.7 Å². The summed E-state index contributed by atoms with van der Waals surface area (Å²) >= 11 is 3.56. The third-order valence-electron chi connectivity index (χ3n) is 14.0. The molecule has 2 unspecified atom stereocenters. The molecule has 0 radical (unpaired) electrons. The average Bonchev–Trinajstić information content (AvgIpc) is 4.19. The van der Waals surface area contributed by atoms with Gasteiger partial charge in [-0.2, -0.15) is 5.10 Å². The van der Waals surface area contributed by atoms with E-state index in [9.17, 15) is 14.0 Å². The summed E-state index contributed by atoms with van der Waals surface area (Å²) in [6.07, 6.45) is 4.90. The van der Waals surface area contributed by atoms with Crippen molar-refractivity contribution in [3.05, 3.63) is 122 Å². The highest BCUT2D eigenvalue weighted by Crippen LogP contribution is 2.42. The minimum Gasteiger partial charge on any atom is -0.493 e. The highest BCUT2D eigenvalue weighted by molar-refractivity contribution is 7.19. The van der Waals surface area contributed by atoms with Gasteiger partial charge in [0, 0.05) is 139 Å². The van der Waals surface area contributed by atoms with Gasteiger partial charge in [0.1, 0.15) is 5.82 Å². The molecule has 8 heterocycles. The van der Waals surface area contributed by atoms with Crippen molar-refractivity contribution < 1.29 is 18.7 Å². The Bertz CT molecular complexity index is 3150. The Kier molecular flexibility index (Phi) is 14.6. The van der Waals surface area contributed by atoms with Gasteiger partial charge in [-0.3, -0.25) is 24.6 Å². The molecular weight excluding hydrogens is 928 g/mol. The number of likely N-dealkylation sites (tertiary alicyclic amines) is 1. The molecule has 0 spiro atoms. The molecule has 2 aromatic carbocycles. The largest absolute Gasteiger partial charge is 0.493 e. The first-order valence-electron chi connectivity index (χ1n) is 25.1. The number of pyridine rings is 3. The summed E-state index contributed by atoms with van der Waals surface area (Å²) in [5, 5.41) is 9.03. The number of anilines is 1. The summed E-state index contributed by atoms with van der Waals surface area (Å²) in [5.74, 6) is 1.90. The number of carbonyl (C=O) groups excluding carboxylic acids is 2. The molecule has 370 valence electrons. The Morgan fingerprint density at radius 3 is 1.73 bits per heavy atom. The summed E-state index contributed by atoms with van der Waals surface area (Å²) in [5.41, 5.74) is 10.0. The lowest BCUT2D eigenvalue weighted by atomic mass is 9.95. The van der Waals surface area contributed by atoms with E-state index in [-0.39, 0.29) is 11.8 Å². The molecule has 2 atom stereocenters. The molecule has 0 bridgehead atoms. The van der Waals surface area contributed by atoms with Crippen molar-refractivity contribution in [2.75, 3.05) is 57.8 Å². The van der Waals surface area contributed by atoms with E-state index in [4.69, 9.17) is 14.7 Å². The number of aryl methyl sites for hydroxylation is 4. The zero-order valence-electron chi connectivity index (χ0n) is 42.7. The second-order valence-electron chi connectivity index (χ2n) is 19.5. The second-order valence-corrected chi connectivity index (χ2v) is 21.7. The average molecular weight is 993 g/mol. The third kappa shape index (κ3) is 10.0. The Balaban J connectivity index is 0.000000177. The van der Waals surface area contributed by atoms with Gasteiger partial charge < -0.3 is 19.4 Å². The van der Waals surface area contributed by atoms with E-state index < -0.39 is 5.82 Å². The van der Waals surface area contributed by atoms with Crippen LogP contribution in [0.1, 0.15) is 114 Å². The van der Waals surface area contributed by atoms with Crippen molar-refractivity contribution >= 4 is 66.7 Å². The number of aromatic nitrogens is 3. The van der Waals surface area contributed by atoms with E-state index >= 15 is 0 Å². The Morgan fingerprint density at radius 2 is 1.24 bits per heavy atom. The topological polar surface area (TPSA) is 107 Å². The van der Waals surface area contributed by atoms with E-state index in [0.29, 0.717) is 67.1 Å². The normalized spacial score (nSPS) is 16.7. The minimum atomic E-state index is -0.435. The van der Waals surface area contributed by atoms with Gasteiger partial charge >= 0.3 is 0 Å². The number of hydrogen-bond donors (Lipinski definition) is 0. The third-order valence-corrected chi connectivity index (χ3v) is 16.8. The van der Waals surface area contributed by atoms with Crippen molar-refractivity contribution in [1.82, 2.24) is 29.8 Å². The molecular formula is C57H65FN8O3S2. The van der Waals surface area contributed by atoms with E-state index in [0.717, 1.165) is 87.8 Å². The first kappa shape index (κ1) is 49.7. The molecule has 3 aliphatic heterocycles. The number of hydrogen-bond acceptors (Lipinski definition) is 11. The number of rotatable bonds is 11. The summed E-state index contributed by atoms with van der Waals surface area (Å²) in [6.45, 7) is 23.9. The van der Waals surface area contributed by atoms with E-state index in [1.54, 1.807) is 22.7 Å². The smallest absolute Gasteiger partial charge is 0.254 e. The van der Waals surface area contributed by atoms with Crippen molar-refractivity contribution in [3.8, 4) is 28.0 Å². The number of piperazine rings is 1. The Labute approximate surface area is 425 Å². The van der Waals surface area contributed by atoms with Gasteiger partial charge in [0.15, 0.2) is 11.6 Å². The quantitative estimate of drug-likeness (QED) is 0.126. The van der Waals surface area contributed by atoms with Gasteiger partial charge in [0.05, 0.1) is 19.3 Å². The Hall–Kier alpha value is -6.25. The van der Waals surface area contributed by atoms with Gasteiger partial charge in [-0.05, 0) is 105 Å². The molecule has 71 heavy (non-hydrogen) atoms. The summed E-state index contributed by atoms with van der Waals surface area (Å²) < 4.78 is 21.3. The van der Waals surface area contributed by atoms with Crippen LogP contribution in [0.2, 0.25) is 0 Å². The van der Waals surface area contributed by atoms with E-state index in [2.05, 4.69) is 106 Å². The molecule has 0 saturated carbocycles. The second kappa shape index (κ2) is 20.8. The van der Waals surface area contributed by atoms with Crippen LogP contribution in [0.5, 0.6) is 5.75 Å². The summed E-state index contributed by atoms with van der Waals surface area (Å²) in [4.78, 5) is 49.9. The predicted octanol–water partition coefficient (Wildman–Crippen LogP) is 12.2. The fourth-order valence-electron chi connectivity index (χ4n) is 10.1. The van der Waals surface area contributed by atoms with Crippen LogP contribution in [-0.2, 0) is 12.8 Å². The summed E-state index contributed by atoms with van der Waals surface area (Å²) in [6, 6.07) is 23.0. The molecule has 2 fully saturated rings. The fraction of sp³-hybridized carbons (Fsp3) is 0.404. The van der Waals surface area contributed by atoms with Gasteiger partial charge in [0.2, 0.25) is 0 Å². The van der Waals surface area contributed by atoms with E-state index in [1.165, 1.54) is 44.6 Å². The van der Waals surface area contributed by atoms with Crippen LogP contribution in [0.3, 0.4) is 0 Å².